The van der Waals surface area contributed by atoms with Crippen LogP contribution in [0.5, 0.6) is 0 Å². The molecule has 1 aliphatic heterocycles. The van der Waals surface area contributed by atoms with Crippen LogP contribution in [0.3, 0.4) is 0 Å². The van der Waals surface area contributed by atoms with Crippen molar-refractivity contribution < 1.29 is 0 Å². The van der Waals surface area contributed by atoms with E-state index in [9.17, 15) is 4.79 Å². The molecule has 4 rings (SSSR count). The minimum absolute atomic E-state index is 0.0163. The van der Waals surface area contributed by atoms with E-state index in [0.717, 1.165) is 30.9 Å². The first-order valence-electron chi connectivity index (χ1n) is 10.5. The van der Waals surface area contributed by atoms with Crippen LogP contribution >= 0.6 is 11.6 Å². The molecule has 0 aliphatic carbocycles. The highest BCUT2D eigenvalue weighted by Crippen LogP contribution is 2.26. The maximum Gasteiger partial charge on any atom is 0.251 e. The van der Waals surface area contributed by atoms with E-state index in [1.807, 2.05) is 31.2 Å². The molecule has 1 aromatic heterocycles. The number of anilines is 1. The predicted octanol–water partition coefficient (Wildman–Crippen LogP) is 4.41. The fraction of sp³-hybridized carbons (Fsp3) is 0.333. The van der Waals surface area contributed by atoms with Gasteiger partial charge in [0.15, 0.2) is 0 Å². The Kier molecular flexibility index (Phi) is 6.50. The molecule has 1 aliphatic rings. The summed E-state index contributed by atoms with van der Waals surface area (Å²) >= 11 is 6.10. The van der Waals surface area contributed by atoms with E-state index in [1.165, 1.54) is 24.1 Å². The van der Waals surface area contributed by atoms with Gasteiger partial charge in [-0.1, -0.05) is 41.9 Å². The highest BCUT2D eigenvalue weighted by atomic mass is 35.5. The molecule has 1 saturated heterocycles. The fourth-order valence-corrected chi connectivity index (χ4v) is 4.24. The molecule has 156 valence electrons. The Hall–Kier alpha value is -2.63. The lowest BCUT2D eigenvalue weighted by molar-refractivity contribution is 0.524. The number of nitrogens with one attached hydrogen (secondary N) is 2. The van der Waals surface area contributed by atoms with Crippen LogP contribution in [0, 0.1) is 6.92 Å². The quantitative estimate of drug-likeness (QED) is 0.592. The van der Waals surface area contributed by atoms with Gasteiger partial charge in [-0.3, -0.25) is 4.79 Å². The summed E-state index contributed by atoms with van der Waals surface area (Å²) in [4.78, 5) is 21.6. The van der Waals surface area contributed by atoms with Gasteiger partial charge in [0.2, 0.25) is 0 Å². The number of para-hydroxylation sites is 1. The first-order valence-corrected chi connectivity index (χ1v) is 10.8. The number of aromatic nitrogens is 2. The number of hydrogen-bond donors (Lipinski definition) is 2. The second-order valence-electron chi connectivity index (χ2n) is 7.83. The van der Waals surface area contributed by atoms with E-state index in [2.05, 4.69) is 44.5 Å². The maximum absolute atomic E-state index is 11.9. The van der Waals surface area contributed by atoms with Crippen molar-refractivity contribution in [3.8, 4) is 0 Å². The van der Waals surface area contributed by atoms with Crippen molar-refractivity contribution in [2.45, 2.75) is 38.8 Å². The number of rotatable bonds is 7. The zero-order chi connectivity index (χ0) is 20.9. The van der Waals surface area contributed by atoms with E-state index >= 15 is 0 Å². The molecule has 0 amide bonds. The van der Waals surface area contributed by atoms with Gasteiger partial charge in [-0.2, -0.15) is 0 Å². The number of aromatic amines is 1. The molecular formula is C24H27ClN4O. The van der Waals surface area contributed by atoms with Crippen LogP contribution in [0.25, 0.3) is 0 Å². The Labute approximate surface area is 182 Å². The second kappa shape index (κ2) is 9.45. The van der Waals surface area contributed by atoms with E-state index in [4.69, 9.17) is 11.6 Å². The Morgan fingerprint density at radius 3 is 2.60 bits per heavy atom. The van der Waals surface area contributed by atoms with Gasteiger partial charge in [-0.15, -0.1) is 0 Å². The largest absolute Gasteiger partial charge is 0.371 e. The van der Waals surface area contributed by atoms with Crippen molar-refractivity contribution in [1.29, 1.82) is 0 Å². The average molecular weight is 423 g/mol. The molecule has 1 fully saturated rings. The van der Waals surface area contributed by atoms with Crippen LogP contribution in [-0.4, -0.2) is 23.1 Å². The number of hydrogen-bond acceptors (Lipinski definition) is 4. The summed E-state index contributed by atoms with van der Waals surface area (Å²) in [6.07, 6.45) is 3.13. The molecule has 5 nitrogen and oxygen atoms in total. The molecule has 2 heterocycles. The predicted molar refractivity (Wildman–Crippen MR) is 122 cm³/mol. The van der Waals surface area contributed by atoms with Crippen LogP contribution in [0.15, 0.2) is 59.4 Å². The van der Waals surface area contributed by atoms with Gasteiger partial charge in [-0.25, -0.2) is 4.98 Å². The van der Waals surface area contributed by atoms with Crippen LogP contribution < -0.4 is 15.8 Å². The molecule has 0 spiro atoms. The Morgan fingerprint density at radius 2 is 1.87 bits per heavy atom. The number of halogens is 1. The zero-order valence-electron chi connectivity index (χ0n) is 17.2. The van der Waals surface area contributed by atoms with Crippen LogP contribution in [-0.2, 0) is 13.0 Å². The van der Waals surface area contributed by atoms with Gasteiger partial charge in [0, 0.05) is 54.6 Å². The lowest BCUT2D eigenvalue weighted by Gasteiger charge is -2.24. The van der Waals surface area contributed by atoms with E-state index in [0.29, 0.717) is 17.3 Å². The van der Waals surface area contributed by atoms with Gasteiger partial charge in [0.05, 0.1) is 0 Å². The monoisotopic (exact) mass is 422 g/mol. The SMILES string of the molecule is Cc1nc(CC(NCc2ccccc2N2CCCC2)c2ccc(Cl)cc2)cc(=O)[nH]1. The topological polar surface area (TPSA) is 61.0 Å². The molecule has 1 atom stereocenters. The van der Waals surface area contributed by atoms with Crippen LogP contribution in [0.4, 0.5) is 5.69 Å². The normalized spacial score (nSPS) is 14.8. The van der Waals surface area contributed by atoms with Gasteiger partial charge < -0.3 is 15.2 Å². The second-order valence-corrected chi connectivity index (χ2v) is 8.27. The summed E-state index contributed by atoms with van der Waals surface area (Å²) in [7, 11) is 0. The van der Waals surface area contributed by atoms with Gasteiger partial charge in [-0.05, 0) is 49.1 Å². The van der Waals surface area contributed by atoms with Crippen LogP contribution in [0.2, 0.25) is 5.02 Å². The summed E-state index contributed by atoms with van der Waals surface area (Å²) < 4.78 is 0. The third-order valence-electron chi connectivity index (χ3n) is 5.58. The van der Waals surface area contributed by atoms with E-state index < -0.39 is 0 Å². The molecular weight excluding hydrogens is 396 g/mol. The van der Waals surface area contributed by atoms with Gasteiger partial charge in [0.1, 0.15) is 5.82 Å². The van der Waals surface area contributed by atoms with Crippen molar-refractivity contribution in [3.63, 3.8) is 0 Å². The lowest BCUT2D eigenvalue weighted by Crippen LogP contribution is -2.26. The molecule has 30 heavy (non-hydrogen) atoms. The molecule has 2 N–H and O–H groups in total. The molecule has 0 bridgehead atoms. The summed E-state index contributed by atoms with van der Waals surface area (Å²) in [5, 5.41) is 4.41. The van der Waals surface area contributed by atoms with Gasteiger partial charge in [0.25, 0.3) is 5.56 Å². The van der Waals surface area contributed by atoms with Crippen molar-refractivity contribution in [3.05, 3.63) is 92.6 Å². The van der Waals surface area contributed by atoms with E-state index in [-0.39, 0.29) is 11.6 Å². The summed E-state index contributed by atoms with van der Waals surface area (Å²) in [6, 6.07) is 18.1. The number of benzene rings is 2. The van der Waals surface area contributed by atoms with Crippen molar-refractivity contribution >= 4 is 17.3 Å². The fourth-order valence-electron chi connectivity index (χ4n) is 4.12. The average Bonchev–Trinajstić information content (AvgIpc) is 3.26. The zero-order valence-corrected chi connectivity index (χ0v) is 18.0. The molecule has 3 aromatic rings. The first-order chi connectivity index (χ1) is 14.6. The molecule has 6 heteroatoms. The summed E-state index contributed by atoms with van der Waals surface area (Å²) in [5.41, 5.74) is 4.37. The number of H-pyrrole nitrogens is 1. The van der Waals surface area contributed by atoms with Gasteiger partial charge >= 0.3 is 0 Å². The molecule has 0 saturated carbocycles. The Balaban J connectivity index is 1.57. The molecule has 0 radical (unpaired) electrons. The van der Waals surface area contributed by atoms with Crippen molar-refractivity contribution in [1.82, 2.24) is 15.3 Å². The van der Waals surface area contributed by atoms with Crippen molar-refractivity contribution in [2.75, 3.05) is 18.0 Å². The maximum atomic E-state index is 11.9. The minimum Gasteiger partial charge on any atom is -0.371 e. The highest BCUT2D eigenvalue weighted by molar-refractivity contribution is 6.30. The Bertz CT molecular complexity index is 1040. The molecule has 2 aromatic carbocycles. The number of aryl methyl sites for hydroxylation is 1. The molecule has 1 unspecified atom stereocenters. The van der Waals surface area contributed by atoms with Crippen molar-refractivity contribution in [2.24, 2.45) is 0 Å². The van der Waals surface area contributed by atoms with Crippen LogP contribution in [0.1, 0.15) is 41.5 Å². The summed E-state index contributed by atoms with van der Waals surface area (Å²) in [6.45, 7) is 4.78. The highest BCUT2D eigenvalue weighted by Gasteiger charge is 2.18. The summed E-state index contributed by atoms with van der Waals surface area (Å²) in [5.74, 6) is 0.631. The lowest BCUT2D eigenvalue weighted by atomic mass is 10.0. The van der Waals surface area contributed by atoms with E-state index in [1.54, 1.807) is 6.07 Å². The Morgan fingerprint density at radius 1 is 1.13 bits per heavy atom. The third kappa shape index (κ3) is 5.10. The standard InChI is InChI=1S/C24H27ClN4O/c1-17-27-21(15-24(30)28-17)14-22(18-8-10-20(25)11-9-18)26-16-19-6-2-3-7-23(19)29-12-4-5-13-29/h2-3,6-11,15,22,26H,4-5,12-14,16H2,1H3,(H,27,28,30). The minimum atomic E-state index is -0.119. The number of nitrogens with zero attached hydrogens (tertiary/aromatic N) is 2. The smallest absolute Gasteiger partial charge is 0.251 e. The third-order valence-corrected chi connectivity index (χ3v) is 5.83. The first kappa shape index (κ1) is 20.6.